The van der Waals surface area contributed by atoms with Crippen LogP contribution in [0.3, 0.4) is 0 Å². The number of ether oxygens (including phenoxy) is 1. The highest BCUT2D eigenvalue weighted by molar-refractivity contribution is 6.36. The molecule has 0 radical (unpaired) electrons. The summed E-state index contributed by atoms with van der Waals surface area (Å²) in [7, 11) is 0. The zero-order chi connectivity index (χ0) is 21.8. The number of imidazole rings is 1. The molecule has 1 aliphatic carbocycles. The molecule has 0 spiro atoms. The third-order valence-corrected chi connectivity index (χ3v) is 6.45. The van der Waals surface area contributed by atoms with Crippen LogP contribution in [0.2, 0.25) is 10.3 Å². The normalized spacial score (nSPS) is 21.6. The van der Waals surface area contributed by atoms with Gasteiger partial charge in [0, 0.05) is 12.6 Å². The number of morpholine rings is 1. The molecule has 1 aliphatic heterocycles. The first kappa shape index (κ1) is 20.8. The molecule has 1 saturated heterocycles. The molecular formula is C21H19Cl2F3N4O. The van der Waals surface area contributed by atoms with Crippen LogP contribution in [0.1, 0.15) is 30.4 Å². The van der Waals surface area contributed by atoms with Gasteiger partial charge in [-0.3, -0.25) is 0 Å². The van der Waals surface area contributed by atoms with Crippen LogP contribution in [0.25, 0.3) is 11.0 Å². The highest BCUT2D eigenvalue weighted by atomic mass is 35.5. The van der Waals surface area contributed by atoms with Crippen molar-refractivity contribution in [1.29, 1.82) is 0 Å². The number of hydrogen-bond donors (Lipinski definition) is 0. The number of hydrogen-bond acceptors (Lipinski definition) is 4. The fraction of sp³-hybridized carbons (Fsp3) is 0.429. The van der Waals surface area contributed by atoms with Crippen molar-refractivity contribution in [2.75, 3.05) is 18.1 Å². The van der Waals surface area contributed by atoms with Crippen molar-refractivity contribution in [2.24, 2.45) is 0 Å². The minimum absolute atomic E-state index is 0.158. The van der Waals surface area contributed by atoms with Crippen molar-refractivity contribution < 1.29 is 17.9 Å². The molecule has 2 fully saturated rings. The van der Waals surface area contributed by atoms with Gasteiger partial charge in [0.2, 0.25) is 5.95 Å². The van der Waals surface area contributed by atoms with Crippen molar-refractivity contribution in [3.63, 3.8) is 0 Å². The zero-order valence-electron chi connectivity index (χ0n) is 16.4. The molecule has 31 heavy (non-hydrogen) atoms. The number of halogens is 5. The van der Waals surface area contributed by atoms with Crippen molar-refractivity contribution in [3.05, 3.63) is 51.8 Å². The summed E-state index contributed by atoms with van der Waals surface area (Å²) < 4.78 is 46.7. The summed E-state index contributed by atoms with van der Waals surface area (Å²) >= 11 is 12.5. The predicted octanol–water partition coefficient (Wildman–Crippen LogP) is 5.56. The van der Waals surface area contributed by atoms with Crippen LogP contribution in [0, 0.1) is 0 Å². The Labute approximate surface area is 186 Å². The third kappa shape index (κ3) is 3.85. The van der Waals surface area contributed by atoms with Gasteiger partial charge in [0.05, 0.1) is 36.4 Å². The van der Waals surface area contributed by atoms with Crippen LogP contribution >= 0.6 is 23.2 Å². The van der Waals surface area contributed by atoms with Gasteiger partial charge in [-0.2, -0.15) is 13.2 Å². The van der Waals surface area contributed by atoms with E-state index in [1.807, 2.05) is 4.57 Å². The first-order chi connectivity index (χ1) is 14.8. The summed E-state index contributed by atoms with van der Waals surface area (Å²) in [5.74, 6) is 0.709. The van der Waals surface area contributed by atoms with Crippen LogP contribution in [-0.4, -0.2) is 39.8 Å². The van der Waals surface area contributed by atoms with E-state index in [0.717, 1.165) is 31.4 Å². The largest absolute Gasteiger partial charge is 0.416 e. The number of benzene rings is 1. The van der Waals surface area contributed by atoms with Gasteiger partial charge in [0.15, 0.2) is 5.15 Å². The Bertz CT molecular complexity index is 1120. The third-order valence-electron chi connectivity index (χ3n) is 5.99. The molecule has 3 aromatic rings. The van der Waals surface area contributed by atoms with E-state index < -0.39 is 11.7 Å². The first-order valence-electron chi connectivity index (χ1n) is 10.1. The van der Waals surface area contributed by atoms with Gasteiger partial charge in [-0.25, -0.2) is 9.97 Å². The van der Waals surface area contributed by atoms with E-state index in [0.29, 0.717) is 42.2 Å². The lowest BCUT2D eigenvalue weighted by Crippen LogP contribution is -2.49. The molecule has 2 aliphatic rings. The van der Waals surface area contributed by atoms with E-state index in [2.05, 4.69) is 9.88 Å². The second-order valence-electron chi connectivity index (χ2n) is 7.90. The summed E-state index contributed by atoms with van der Waals surface area (Å²) in [6.45, 7) is 1.58. The molecule has 5 nitrogen and oxygen atoms in total. The van der Waals surface area contributed by atoms with Gasteiger partial charge in [-0.05, 0) is 37.0 Å². The number of pyridine rings is 1. The summed E-state index contributed by atoms with van der Waals surface area (Å²) in [5.41, 5.74) is 1.24. The van der Waals surface area contributed by atoms with E-state index in [9.17, 15) is 13.2 Å². The topological polar surface area (TPSA) is 43.2 Å². The number of fused-ring (bicyclic) bond motifs is 2. The van der Waals surface area contributed by atoms with Gasteiger partial charge < -0.3 is 14.2 Å². The summed E-state index contributed by atoms with van der Waals surface area (Å²) in [6.07, 6.45) is -1.12. The van der Waals surface area contributed by atoms with E-state index in [-0.39, 0.29) is 22.5 Å². The molecule has 0 bridgehead atoms. The Kier molecular flexibility index (Phi) is 5.27. The maximum absolute atomic E-state index is 13.0. The number of anilines is 1. The van der Waals surface area contributed by atoms with Crippen LogP contribution in [0.5, 0.6) is 0 Å². The lowest BCUT2D eigenvalue weighted by molar-refractivity contribution is -0.137. The van der Waals surface area contributed by atoms with Crippen LogP contribution in [0.4, 0.5) is 19.1 Å². The molecule has 1 saturated carbocycles. The number of rotatable bonds is 3. The number of aromatic nitrogens is 3. The summed E-state index contributed by atoms with van der Waals surface area (Å²) in [6, 6.07) is 7.00. The van der Waals surface area contributed by atoms with Gasteiger partial charge in [-0.1, -0.05) is 35.3 Å². The number of alkyl halides is 3. The molecular weight excluding hydrogens is 452 g/mol. The average molecular weight is 471 g/mol. The monoisotopic (exact) mass is 470 g/mol. The van der Waals surface area contributed by atoms with E-state index >= 15 is 0 Å². The average Bonchev–Trinajstić information content (AvgIpc) is 3.32. The van der Waals surface area contributed by atoms with Crippen molar-refractivity contribution in [3.8, 4) is 0 Å². The van der Waals surface area contributed by atoms with E-state index in [4.69, 9.17) is 32.9 Å². The maximum Gasteiger partial charge on any atom is 0.416 e. The minimum atomic E-state index is -4.37. The second-order valence-corrected chi connectivity index (χ2v) is 8.64. The van der Waals surface area contributed by atoms with Gasteiger partial charge >= 0.3 is 6.18 Å². The Morgan fingerprint density at radius 3 is 2.61 bits per heavy atom. The Hall–Kier alpha value is -2.03. The lowest BCUT2D eigenvalue weighted by atomic mass is 10.1. The van der Waals surface area contributed by atoms with Gasteiger partial charge in [-0.15, -0.1) is 0 Å². The zero-order valence-corrected chi connectivity index (χ0v) is 17.9. The molecule has 0 unspecified atom stereocenters. The van der Waals surface area contributed by atoms with Crippen LogP contribution in [-0.2, 0) is 17.5 Å². The van der Waals surface area contributed by atoms with Crippen molar-refractivity contribution in [2.45, 2.75) is 44.1 Å². The molecule has 0 amide bonds. The minimum Gasteiger partial charge on any atom is -0.374 e. The molecule has 10 heteroatoms. The molecule has 3 heterocycles. The maximum atomic E-state index is 13.0. The predicted molar refractivity (Wildman–Crippen MR) is 113 cm³/mol. The molecule has 0 N–H and O–H groups in total. The SMILES string of the molecule is FC(F)(F)c1ccc(Cn2c(N3CCO[C@H]4CCC[C@@H]43)nc3cc(Cl)nc(Cl)c32)cc1. The quantitative estimate of drug-likeness (QED) is 0.469. The van der Waals surface area contributed by atoms with E-state index in [1.54, 1.807) is 6.07 Å². The Balaban J connectivity index is 1.59. The standard InChI is InChI=1S/C21H19Cl2F3N4O/c22-17-10-14-18(19(23)28-17)30(11-12-4-6-13(7-5-12)21(24,25)26)20(27-14)29-8-9-31-16-3-1-2-15(16)29/h4-7,10,15-16H,1-3,8-9,11H2/t15-,16-/m0/s1. The number of nitrogens with zero attached hydrogens (tertiary/aromatic N) is 4. The molecule has 1 aromatic carbocycles. The van der Waals surface area contributed by atoms with Crippen molar-refractivity contribution in [1.82, 2.24) is 14.5 Å². The molecule has 2 atom stereocenters. The van der Waals surface area contributed by atoms with Gasteiger partial charge in [0.25, 0.3) is 0 Å². The van der Waals surface area contributed by atoms with Crippen LogP contribution < -0.4 is 4.90 Å². The smallest absolute Gasteiger partial charge is 0.374 e. The Morgan fingerprint density at radius 2 is 1.87 bits per heavy atom. The molecule has 164 valence electrons. The van der Waals surface area contributed by atoms with Gasteiger partial charge in [0.1, 0.15) is 10.7 Å². The Morgan fingerprint density at radius 1 is 1.10 bits per heavy atom. The highest BCUT2D eigenvalue weighted by Gasteiger charge is 2.38. The van der Waals surface area contributed by atoms with E-state index in [1.165, 1.54) is 12.1 Å². The summed E-state index contributed by atoms with van der Waals surface area (Å²) in [5, 5.41) is 0.452. The lowest BCUT2D eigenvalue weighted by Gasteiger charge is -2.38. The highest BCUT2D eigenvalue weighted by Crippen LogP contribution is 2.37. The first-order valence-corrected chi connectivity index (χ1v) is 10.8. The second kappa shape index (κ2) is 7.83. The molecule has 5 rings (SSSR count). The fourth-order valence-corrected chi connectivity index (χ4v) is 5.11. The molecule has 2 aromatic heterocycles. The van der Waals surface area contributed by atoms with Crippen LogP contribution in [0.15, 0.2) is 30.3 Å². The summed E-state index contributed by atoms with van der Waals surface area (Å²) in [4.78, 5) is 11.2. The van der Waals surface area contributed by atoms with Crippen molar-refractivity contribution >= 4 is 40.2 Å². The fourth-order valence-electron chi connectivity index (χ4n) is 4.59.